The highest BCUT2D eigenvalue weighted by Gasteiger charge is 2.17. The molecule has 3 aromatic rings. The monoisotopic (exact) mass is 417 g/mol. The van der Waals surface area contributed by atoms with Crippen LogP contribution in [-0.4, -0.2) is 57.2 Å². The van der Waals surface area contributed by atoms with Crippen molar-refractivity contribution in [1.82, 2.24) is 10.2 Å². The molecule has 5 nitrogen and oxygen atoms in total. The van der Waals surface area contributed by atoms with Crippen LogP contribution in [0.3, 0.4) is 0 Å². The van der Waals surface area contributed by atoms with Crippen LogP contribution >= 0.6 is 0 Å². The zero-order chi connectivity index (χ0) is 21.5. The molecule has 0 aliphatic carbocycles. The van der Waals surface area contributed by atoms with Crippen LogP contribution < -0.4 is 15.0 Å². The maximum absolute atomic E-state index is 12.3. The molecule has 0 bridgehead atoms. The van der Waals surface area contributed by atoms with Gasteiger partial charge in [-0.05, 0) is 53.6 Å². The second kappa shape index (κ2) is 10.3. The largest absolute Gasteiger partial charge is 0.497 e. The van der Waals surface area contributed by atoms with E-state index in [1.54, 1.807) is 7.11 Å². The second-order valence-electron chi connectivity index (χ2n) is 8.09. The lowest BCUT2D eigenvalue weighted by molar-refractivity contribution is -0.120. The summed E-state index contributed by atoms with van der Waals surface area (Å²) in [5, 5.41) is 5.47. The van der Waals surface area contributed by atoms with Crippen LogP contribution in [0.5, 0.6) is 5.75 Å². The Morgan fingerprint density at radius 1 is 0.935 bits per heavy atom. The number of amides is 1. The Labute approximate surface area is 184 Å². The van der Waals surface area contributed by atoms with Crippen molar-refractivity contribution >= 4 is 22.4 Å². The van der Waals surface area contributed by atoms with E-state index in [0.717, 1.165) is 57.0 Å². The van der Waals surface area contributed by atoms with Crippen molar-refractivity contribution in [3.63, 3.8) is 0 Å². The van der Waals surface area contributed by atoms with Crippen LogP contribution in [0.2, 0.25) is 0 Å². The minimum absolute atomic E-state index is 0.0969. The van der Waals surface area contributed by atoms with Crippen molar-refractivity contribution < 1.29 is 9.53 Å². The van der Waals surface area contributed by atoms with Crippen molar-refractivity contribution in [3.8, 4) is 5.75 Å². The van der Waals surface area contributed by atoms with Crippen molar-refractivity contribution in [3.05, 3.63) is 72.3 Å². The van der Waals surface area contributed by atoms with Crippen LogP contribution in [0, 0.1) is 0 Å². The van der Waals surface area contributed by atoms with E-state index < -0.39 is 0 Å². The molecule has 1 heterocycles. The number of ether oxygens (including phenoxy) is 1. The second-order valence-corrected chi connectivity index (χ2v) is 8.09. The normalized spacial score (nSPS) is 14.5. The maximum Gasteiger partial charge on any atom is 0.224 e. The first-order chi connectivity index (χ1) is 15.2. The lowest BCUT2D eigenvalue weighted by Gasteiger charge is -2.36. The van der Waals surface area contributed by atoms with E-state index in [2.05, 4.69) is 51.5 Å². The average Bonchev–Trinajstić information content (AvgIpc) is 2.82. The molecular weight excluding hydrogens is 386 g/mol. The summed E-state index contributed by atoms with van der Waals surface area (Å²) in [6.45, 7) is 5.91. The van der Waals surface area contributed by atoms with Gasteiger partial charge in [0.2, 0.25) is 5.91 Å². The molecule has 1 saturated heterocycles. The topological polar surface area (TPSA) is 44.8 Å². The minimum atomic E-state index is 0.0969. The van der Waals surface area contributed by atoms with E-state index in [1.165, 1.54) is 16.5 Å². The highest BCUT2D eigenvalue weighted by atomic mass is 16.5. The van der Waals surface area contributed by atoms with Gasteiger partial charge in [-0.1, -0.05) is 42.5 Å². The Balaban J connectivity index is 1.14. The Hall–Kier alpha value is -3.05. The first-order valence-electron chi connectivity index (χ1n) is 11.1. The predicted molar refractivity (Wildman–Crippen MR) is 127 cm³/mol. The molecule has 1 aliphatic heterocycles. The molecule has 0 saturated carbocycles. The molecule has 0 spiro atoms. The number of nitrogens with zero attached hydrogens (tertiary/aromatic N) is 2. The van der Waals surface area contributed by atoms with Gasteiger partial charge in [0.1, 0.15) is 5.75 Å². The smallest absolute Gasteiger partial charge is 0.224 e. The van der Waals surface area contributed by atoms with Gasteiger partial charge in [-0.3, -0.25) is 9.69 Å². The Morgan fingerprint density at radius 2 is 1.68 bits per heavy atom. The lowest BCUT2D eigenvalue weighted by atomic mass is 10.0. The molecule has 0 aromatic heterocycles. The van der Waals surface area contributed by atoms with Crippen molar-refractivity contribution in [2.75, 3.05) is 51.3 Å². The molecule has 5 heteroatoms. The van der Waals surface area contributed by atoms with Crippen LogP contribution in [-0.2, 0) is 11.2 Å². The molecule has 0 unspecified atom stereocenters. The number of fused-ring (bicyclic) bond motifs is 1. The number of hydrogen-bond donors (Lipinski definition) is 1. The highest BCUT2D eigenvalue weighted by Crippen LogP contribution is 2.20. The highest BCUT2D eigenvalue weighted by molar-refractivity contribution is 5.85. The number of carbonyl (C=O) groups is 1. The van der Waals surface area contributed by atoms with E-state index in [1.807, 2.05) is 30.3 Å². The van der Waals surface area contributed by atoms with Gasteiger partial charge in [0.15, 0.2) is 0 Å². The zero-order valence-corrected chi connectivity index (χ0v) is 18.2. The third kappa shape index (κ3) is 5.76. The summed E-state index contributed by atoms with van der Waals surface area (Å²) < 4.78 is 5.24. The SMILES string of the molecule is COc1ccc(N2CCN(CCCNC(=O)Cc3ccc4ccccc4c3)CC2)cc1. The maximum atomic E-state index is 12.3. The van der Waals surface area contributed by atoms with E-state index in [-0.39, 0.29) is 5.91 Å². The number of anilines is 1. The molecule has 31 heavy (non-hydrogen) atoms. The first-order valence-corrected chi connectivity index (χ1v) is 11.1. The van der Waals surface area contributed by atoms with Crippen molar-refractivity contribution in [2.24, 2.45) is 0 Å². The summed E-state index contributed by atoms with van der Waals surface area (Å²) in [6, 6.07) is 22.8. The van der Waals surface area contributed by atoms with Crippen molar-refractivity contribution in [2.45, 2.75) is 12.8 Å². The van der Waals surface area contributed by atoms with Crippen LogP contribution in [0.1, 0.15) is 12.0 Å². The van der Waals surface area contributed by atoms with Gasteiger partial charge in [-0.2, -0.15) is 0 Å². The van der Waals surface area contributed by atoms with Crippen LogP contribution in [0.25, 0.3) is 10.8 Å². The molecule has 0 radical (unpaired) electrons. The molecule has 4 rings (SSSR count). The summed E-state index contributed by atoms with van der Waals surface area (Å²) in [5.41, 5.74) is 2.31. The van der Waals surface area contributed by atoms with E-state index >= 15 is 0 Å². The molecule has 1 fully saturated rings. The van der Waals surface area contributed by atoms with Crippen LogP contribution in [0.4, 0.5) is 5.69 Å². The molecule has 3 aromatic carbocycles. The van der Waals surface area contributed by atoms with Crippen LogP contribution in [0.15, 0.2) is 66.7 Å². The fourth-order valence-electron chi connectivity index (χ4n) is 4.15. The molecular formula is C26H31N3O2. The summed E-state index contributed by atoms with van der Waals surface area (Å²) >= 11 is 0. The van der Waals surface area contributed by atoms with Gasteiger partial charge in [0.05, 0.1) is 13.5 Å². The molecule has 162 valence electrons. The van der Waals surface area contributed by atoms with Gasteiger partial charge < -0.3 is 15.0 Å². The minimum Gasteiger partial charge on any atom is -0.497 e. The van der Waals surface area contributed by atoms with E-state index in [0.29, 0.717) is 6.42 Å². The van der Waals surface area contributed by atoms with E-state index in [4.69, 9.17) is 4.74 Å². The number of carbonyl (C=O) groups excluding carboxylic acids is 1. The summed E-state index contributed by atoms with van der Waals surface area (Å²) in [5.74, 6) is 0.990. The summed E-state index contributed by atoms with van der Waals surface area (Å²) in [6.07, 6.45) is 1.41. The first kappa shape index (κ1) is 21.2. The fourth-order valence-corrected chi connectivity index (χ4v) is 4.15. The lowest BCUT2D eigenvalue weighted by Crippen LogP contribution is -2.47. The summed E-state index contributed by atoms with van der Waals surface area (Å²) in [7, 11) is 1.69. The average molecular weight is 418 g/mol. The number of nitrogens with one attached hydrogen (secondary N) is 1. The Bertz CT molecular complexity index is 995. The summed E-state index contributed by atoms with van der Waals surface area (Å²) in [4.78, 5) is 17.2. The molecule has 1 N–H and O–H groups in total. The van der Waals surface area contributed by atoms with Gasteiger partial charge in [-0.25, -0.2) is 0 Å². The molecule has 0 atom stereocenters. The zero-order valence-electron chi connectivity index (χ0n) is 18.2. The predicted octanol–water partition coefficient (Wildman–Crippen LogP) is 3.72. The van der Waals surface area contributed by atoms with Gasteiger partial charge in [0.25, 0.3) is 0 Å². The fraction of sp³-hybridized carbons (Fsp3) is 0.346. The Kier molecular flexibility index (Phi) is 7.05. The number of piperazine rings is 1. The van der Waals surface area contributed by atoms with Gasteiger partial charge in [-0.15, -0.1) is 0 Å². The van der Waals surface area contributed by atoms with Crippen molar-refractivity contribution in [1.29, 1.82) is 0 Å². The molecule has 1 amide bonds. The van der Waals surface area contributed by atoms with Gasteiger partial charge in [0, 0.05) is 38.4 Å². The standard InChI is InChI=1S/C26H31N3O2/c1-31-25-11-9-24(10-12-25)29-17-15-28(16-18-29)14-4-13-27-26(30)20-21-7-8-22-5-2-3-6-23(22)19-21/h2-3,5-12,19H,4,13-18,20H2,1H3,(H,27,30). The quantitative estimate of drug-likeness (QED) is 0.568. The van der Waals surface area contributed by atoms with Gasteiger partial charge >= 0.3 is 0 Å². The molecule has 1 aliphatic rings. The Morgan fingerprint density at radius 3 is 2.42 bits per heavy atom. The number of hydrogen-bond acceptors (Lipinski definition) is 4. The van der Waals surface area contributed by atoms with E-state index in [9.17, 15) is 4.79 Å². The number of benzene rings is 3. The third-order valence-corrected chi connectivity index (χ3v) is 5.96. The number of methoxy groups -OCH3 is 1. The third-order valence-electron chi connectivity index (χ3n) is 5.96. The number of rotatable bonds is 8.